The highest BCUT2D eigenvalue weighted by atomic mass is 35.5. The van der Waals surface area contributed by atoms with Gasteiger partial charge in [-0.15, -0.1) is 24.8 Å². The van der Waals surface area contributed by atoms with Gasteiger partial charge in [0.2, 0.25) is 0 Å². The van der Waals surface area contributed by atoms with Crippen LogP contribution in [0.1, 0.15) is 41.8 Å². The first kappa shape index (κ1) is 32.2. The Kier molecular flexibility index (Phi) is 12.7. The Hall–Kier alpha value is -2.03. The number of amides is 1. The molecule has 1 aromatic heterocycles. The Labute approximate surface area is 246 Å². The van der Waals surface area contributed by atoms with E-state index in [4.69, 9.17) is 23.2 Å². The van der Waals surface area contributed by atoms with Gasteiger partial charge in [0, 0.05) is 44.8 Å². The molecule has 0 spiro atoms. The third-order valence-corrected chi connectivity index (χ3v) is 7.34. The van der Waals surface area contributed by atoms with Crippen molar-refractivity contribution in [3.8, 4) is 5.69 Å². The third kappa shape index (κ3) is 7.54. The number of nitrogens with one attached hydrogen (secondary N) is 1. The van der Waals surface area contributed by atoms with Crippen molar-refractivity contribution in [3.05, 3.63) is 75.5 Å². The minimum Gasteiger partial charge on any atom is -0.368 e. The van der Waals surface area contributed by atoms with E-state index in [0.29, 0.717) is 22.3 Å². The lowest BCUT2D eigenvalue weighted by atomic mass is 10.2. The average Bonchev–Trinajstić information content (AvgIpc) is 3.20. The van der Waals surface area contributed by atoms with Gasteiger partial charge in [0.25, 0.3) is 5.91 Å². The number of aromatic nitrogens is 2. The van der Waals surface area contributed by atoms with E-state index < -0.39 is 0 Å². The van der Waals surface area contributed by atoms with Gasteiger partial charge in [-0.25, -0.2) is 9.37 Å². The highest BCUT2D eigenvalue weighted by Gasteiger charge is 2.21. The molecule has 1 amide bonds. The number of piperazine rings is 1. The van der Waals surface area contributed by atoms with Crippen molar-refractivity contribution in [1.29, 1.82) is 0 Å². The maximum atomic E-state index is 13.4. The number of anilines is 1. The quantitative estimate of drug-likeness (QED) is 0.289. The van der Waals surface area contributed by atoms with Crippen LogP contribution in [0.2, 0.25) is 10.0 Å². The molecule has 0 unspecified atom stereocenters. The Morgan fingerprint density at radius 3 is 2.39 bits per heavy atom. The van der Waals surface area contributed by atoms with Crippen molar-refractivity contribution in [1.82, 2.24) is 19.8 Å². The summed E-state index contributed by atoms with van der Waals surface area (Å²) in [6.07, 6.45) is 2.48. The van der Waals surface area contributed by atoms with Crippen molar-refractivity contribution < 1.29 is 9.18 Å². The zero-order chi connectivity index (χ0) is 25.7. The fourth-order valence-electron chi connectivity index (χ4n) is 4.64. The van der Waals surface area contributed by atoms with E-state index in [1.165, 1.54) is 12.1 Å². The second kappa shape index (κ2) is 14.9. The van der Waals surface area contributed by atoms with Gasteiger partial charge in [0.05, 0.1) is 21.4 Å². The number of hydrogen-bond donors (Lipinski definition) is 1. The van der Waals surface area contributed by atoms with E-state index in [9.17, 15) is 9.18 Å². The van der Waals surface area contributed by atoms with E-state index in [-0.39, 0.29) is 36.5 Å². The Bertz CT molecular complexity index is 1200. The van der Waals surface area contributed by atoms with Crippen molar-refractivity contribution in [3.63, 3.8) is 0 Å². The molecule has 0 atom stereocenters. The van der Waals surface area contributed by atoms with E-state index in [1.807, 2.05) is 23.6 Å². The number of nitrogens with zero attached hydrogens (tertiary/aromatic N) is 4. The summed E-state index contributed by atoms with van der Waals surface area (Å²) in [6.45, 7) is 9.06. The molecule has 1 saturated heterocycles. The Balaban J connectivity index is 0.00000253. The van der Waals surface area contributed by atoms with Crippen LogP contribution in [0, 0.1) is 12.7 Å². The monoisotopic (exact) mass is 603 g/mol. The van der Waals surface area contributed by atoms with Crippen LogP contribution in [0.25, 0.3) is 5.69 Å². The summed E-state index contributed by atoms with van der Waals surface area (Å²) < 4.78 is 15.4. The minimum absolute atomic E-state index is 0. The van der Waals surface area contributed by atoms with Crippen molar-refractivity contribution >= 4 is 59.6 Å². The highest BCUT2D eigenvalue weighted by Crippen LogP contribution is 2.32. The molecule has 1 N–H and O–H groups in total. The normalized spacial score (nSPS) is 13.6. The zero-order valence-electron chi connectivity index (χ0n) is 21.6. The minimum atomic E-state index is -0.291. The van der Waals surface area contributed by atoms with Gasteiger partial charge in [-0.1, -0.05) is 36.2 Å². The maximum absolute atomic E-state index is 13.4. The highest BCUT2D eigenvalue weighted by molar-refractivity contribution is 6.43. The van der Waals surface area contributed by atoms with E-state index in [2.05, 4.69) is 27.0 Å². The van der Waals surface area contributed by atoms with Crippen LogP contribution < -0.4 is 10.2 Å². The zero-order valence-corrected chi connectivity index (χ0v) is 24.7. The number of carbonyl (C=O) groups excluding carboxylic acids is 1. The molecule has 0 radical (unpaired) electrons. The molecule has 2 heterocycles. The van der Waals surface area contributed by atoms with Crippen molar-refractivity contribution in [2.45, 2.75) is 33.1 Å². The van der Waals surface area contributed by atoms with Gasteiger partial charge in [-0.3, -0.25) is 9.69 Å². The number of rotatable bonds is 9. The molecule has 3 aromatic rings. The fourth-order valence-corrected chi connectivity index (χ4v) is 5.05. The topological polar surface area (TPSA) is 53.4 Å². The molecular weight excluding hydrogens is 571 g/mol. The van der Waals surface area contributed by atoms with Gasteiger partial charge >= 0.3 is 0 Å². The van der Waals surface area contributed by atoms with E-state index >= 15 is 0 Å². The molecule has 0 aliphatic carbocycles. The van der Waals surface area contributed by atoms with Crippen LogP contribution in [0.3, 0.4) is 0 Å². The van der Waals surface area contributed by atoms with E-state index in [1.54, 1.807) is 18.2 Å². The van der Waals surface area contributed by atoms with Crippen LogP contribution in [0.4, 0.5) is 10.1 Å². The standard InChI is InChI=1S/C27H32Cl2FN5O.2ClH/c1-3-6-24-32-26(19(2)35(24)21-11-9-20(30)10-12-21)27(36)31-13-5-14-33-15-17-34(18-16-33)23-8-4-7-22(28)25(23)29;;/h4,7-12H,3,5-6,13-18H2,1-2H3,(H,31,36);2*1H. The first-order chi connectivity index (χ1) is 17.4. The summed E-state index contributed by atoms with van der Waals surface area (Å²) in [4.78, 5) is 22.2. The molecule has 208 valence electrons. The first-order valence-electron chi connectivity index (χ1n) is 12.4. The number of carbonyl (C=O) groups is 1. The predicted octanol–water partition coefficient (Wildman–Crippen LogP) is 6.36. The predicted molar refractivity (Wildman–Crippen MR) is 159 cm³/mol. The Morgan fingerprint density at radius 2 is 1.74 bits per heavy atom. The average molecular weight is 605 g/mol. The number of halogens is 5. The summed E-state index contributed by atoms with van der Waals surface area (Å²) in [5, 5.41) is 4.21. The van der Waals surface area contributed by atoms with Crippen LogP contribution in [0.15, 0.2) is 42.5 Å². The number of benzene rings is 2. The molecule has 1 aliphatic heterocycles. The summed E-state index contributed by atoms with van der Waals surface area (Å²) in [5.74, 6) is 0.344. The van der Waals surface area contributed by atoms with E-state index in [0.717, 1.165) is 74.9 Å². The molecule has 4 rings (SSSR count). The number of hydrogen-bond acceptors (Lipinski definition) is 4. The fraction of sp³-hybridized carbons (Fsp3) is 0.407. The number of imidazole rings is 1. The summed E-state index contributed by atoms with van der Waals surface area (Å²) in [7, 11) is 0. The largest absolute Gasteiger partial charge is 0.368 e. The summed E-state index contributed by atoms with van der Waals surface area (Å²) in [6, 6.07) is 12.0. The lowest BCUT2D eigenvalue weighted by Crippen LogP contribution is -2.47. The molecule has 0 saturated carbocycles. The van der Waals surface area contributed by atoms with Gasteiger partial charge in [0.1, 0.15) is 17.3 Å². The SMILES string of the molecule is CCCc1nc(C(=O)NCCCN2CCN(c3cccc(Cl)c3Cl)CC2)c(C)n1-c1ccc(F)cc1.Cl.Cl. The third-order valence-electron chi connectivity index (χ3n) is 6.53. The van der Waals surface area contributed by atoms with Gasteiger partial charge < -0.3 is 14.8 Å². The summed E-state index contributed by atoms with van der Waals surface area (Å²) in [5.41, 5.74) is 2.98. The van der Waals surface area contributed by atoms with Crippen LogP contribution in [0.5, 0.6) is 0 Å². The van der Waals surface area contributed by atoms with Gasteiger partial charge in [-0.2, -0.15) is 0 Å². The van der Waals surface area contributed by atoms with Crippen molar-refractivity contribution in [2.75, 3.05) is 44.2 Å². The maximum Gasteiger partial charge on any atom is 0.271 e. The van der Waals surface area contributed by atoms with Gasteiger partial charge in [0.15, 0.2) is 0 Å². The van der Waals surface area contributed by atoms with Gasteiger partial charge in [-0.05, 0) is 62.7 Å². The second-order valence-corrected chi connectivity index (χ2v) is 9.82. The van der Waals surface area contributed by atoms with Crippen molar-refractivity contribution in [2.24, 2.45) is 0 Å². The molecular formula is C27H34Cl4FN5O. The lowest BCUT2D eigenvalue weighted by molar-refractivity contribution is 0.0946. The molecule has 38 heavy (non-hydrogen) atoms. The first-order valence-corrected chi connectivity index (χ1v) is 13.2. The second-order valence-electron chi connectivity index (χ2n) is 9.03. The lowest BCUT2D eigenvalue weighted by Gasteiger charge is -2.36. The number of aryl methyl sites for hydroxylation is 1. The molecule has 1 aliphatic rings. The van der Waals surface area contributed by atoms with Crippen LogP contribution in [-0.4, -0.2) is 59.6 Å². The van der Waals surface area contributed by atoms with Crippen LogP contribution in [-0.2, 0) is 6.42 Å². The molecule has 11 heteroatoms. The molecule has 0 bridgehead atoms. The molecule has 2 aromatic carbocycles. The molecule has 6 nitrogen and oxygen atoms in total. The smallest absolute Gasteiger partial charge is 0.271 e. The van der Waals surface area contributed by atoms with Crippen LogP contribution >= 0.6 is 48.0 Å². The summed E-state index contributed by atoms with van der Waals surface area (Å²) >= 11 is 12.5. The molecule has 1 fully saturated rings. The Morgan fingerprint density at radius 1 is 1.05 bits per heavy atom.